The van der Waals surface area contributed by atoms with Crippen LogP contribution in [0.4, 0.5) is 9.18 Å². The van der Waals surface area contributed by atoms with Crippen LogP contribution in [0.1, 0.15) is 23.6 Å². The van der Waals surface area contributed by atoms with Gasteiger partial charge in [-0.15, -0.1) is 0 Å². The molecule has 8 heteroatoms. The van der Waals surface area contributed by atoms with E-state index in [2.05, 4.69) is 10.4 Å². The molecule has 28 heavy (non-hydrogen) atoms. The number of hydrogen-bond donors (Lipinski definition) is 1. The maximum absolute atomic E-state index is 15.5. The monoisotopic (exact) mass is 405 g/mol. The second-order valence-electron chi connectivity index (χ2n) is 6.37. The summed E-state index contributed by atoms with van der Waals surface area (Å²) >= 11 is 6.00. The van der Waals surface area contributed by atoms with E-state index < -0.39 is 5.82 Å². The minimum atomic E-state index is -0.587. The van der Waals surface area contributed by atoms with Crippen LogP contribution in [0.2, 0.25) is 5.02 Å². The van der Waals surface area contributed by atoms with Crippen molar-refractivity contribution in [1.29, 1.82) is 0 Å². The largest absolute Gasteiger partial charge is 0.493 e. The van der Waals surface area contributed by atoms with Crippen LogP contribution in [0, 0.1) is 5.82 Å². The van der Waals surface area contributed by atoms with E-state index in [1.807, 2.05) is 6.92 Å². The molecule has 0 aromatic heterocycles. The van der Waals surface area contributed by atoms with Crippen LogP contribution in [0.3, 0.4) is 0 Å². The number of carbonyl (C=O) groups excluding carboxylic acids is 1. The van der Waals surface area contributed by atoms with E-state index >= 15 is 4.39 Å². The molecule has 3 rings (SSSR count). The van der Waals surface area contributed by atoms with Crippen LogP contribution in [0.15, 0.2) is 35.4 Å². The normalized spacial score (nSPS) is 16.0. The van der Waals surface area contributed by atoms with E-state index in [1.54, 1.807) is 30.3 Å². The minimum Gasteiger partial charge on any atom is -0.493 e. The number of carbonyl (C=O) groups is 1. The predicted octanol–water partition coefficient (Wildman–Crippen LogP) is 3.83. The number of benzene rings is 2. The van der Waals surface area contributed by atoms with E-state index in [4.69, 9.17) is 21.1 Å². The molecule has 1 heterocycles. The van der Waals surface area contributed by atoms with Crippen molar-refractivity contribution in [3.8, 4) is 11.5 Å². The van der Waals surface area contributed by atoms with Crippen molar-refractivity contribution in [2.24, 2.45) is 5.10 Å². The van der Waals surface area contributed by atoms with Crippen molar-refractivity contribution in [2.45, 2.75) is 19.4 Å². The number of hydrogen-bond acceptors (Lipinski definition) is 4. The maximum Gasteiger partial charge on any atom is 0.337 e. The zero-order chi connectivity index (χ0) is 20.4. The number of nitrogens with zero attached hydrogens (tertiary/aromatic N) is 2. The average molecular weight is 406 g/mol. The Balaban J connectivity index is 2.31. The van der Waals surface area contributed by atoms with E-state index in [-0.39, 0.29) is 29.1 Å². The summed E-state index contributed by atoms with van der Waals surface area (Å²) in [5.74, 6) is -0.310. The summed E-state index contributed by atoms with van der Waals surface area (Å²) in [4.78, 5) is 12.4. The molecule has 0 saturated heterocycles. The SMILES string of the molecule is CNC(=O)N1N=C(c2ccc(Cl)cc2)c2c(cc(OC)c(OC)c2F)C[C@H]1C. The van der Waals surface area contributed by atoms with Gasteiger partial charge < -0.3 is 14.8 Å². The Bertz CT molecular complexity index is 931. The van der Waals surface area contributed by atoms with Crippen molar-refractivity contribution >= 4 is 23.3 Å². The molecule has 0 saturated carbocycles. The molecular weight excluding hydrogens is 385 g/mol. The van der Waals surface area contributed by atoms with Gasteiger partial charge in [-0.25, -0.2) is 14.2 Å². The summed E-state index contributed by atoms with van der Waals surface area (Å²) < 4.78 is 26.0. The van der Waals surface area contributed by atoms with Crippen molar-refractivity contribution in [3.05, 3.63) is 57.9 Å². The second kappa shape index (κ2) is 8.06. The van der Waals surface area contributed by atoms with Gasteiger partial charge in [-0.05, 0) is 37.1 Å². The molecule has 0 aliphatic carbocycles. The summed E-state index contributed by atoms with van der Waals surface area (Å²) in [5.41, 5.74) is 1.89. The molecule has 2 aromatic rings. The molecule has 0 spiro atoms. The topological polar surface area (TPSA) is 63.2 Å². The number of hydrazone groups is 1. The molecule has 2 amide bonds. The first-order chi connectivity index (χ1) is 13.4. The second-order valence-corrected chi connectivity index (χ2v) is 6.80. The smallest absolute Gasteiger partial charge is 0.337 e. The number of rotatable bonds is 3. The van der Waals surface area contributed by atoms with Crippen molar-refractivity contribution < 1.29 is 18.7 Å². The van der Waals surface area contributed by atoms with Crippen LogP contribution < -0.4 is 14.8 Å². The van der Waals surface area contributed by atoms with Crippen molar-refractivity contribution in [3.63, 3.8) is 0 Å². The third kappa shape index (κ3) is 3.49. The van der Waals surface area contributed by atoms with Crippen LogP contribution in [0.25, 0.3) is 0 Å². The molecular formula is C20H21ClFN3O3. The lowest BCUT2D eigenvalue weighted by Gasteiger charge is -2.22. The van der Waals surface area contributed by atoms with Crippen molar-refractivity contribution in [2.75, 3.05) is 21.3 Å². The molecule has 0 radical (unpaired) electrons. The summed E-state index contributed by atoms with van der Waals surface area (Å²) in [7, 11) is 4.36. The van der Waals surface area contributed by atoms with Crippen LogP contribution in [0.5, 0.6) is 11.5 Å². The van der Waals surface area contributed by atoms with E-state index in [1.165, 1.54) is 26.3 Å². The number of amides is 2. The summed E-state index contributed by atoms with van der Waals surface area (Å²) in [6, 6.07) is 7.89. The number of nitrogens with one attached hydrogen (secondary N) is 1. The first-order valence-electron chi connectivity index (χ1n) is 8.70. The number of fused-ring (bicyclic) bond motifs is 1. The molecule has 2 aromatic carbocycles. The van der Waals surface area contributed by atoms with Gasteiger partial charge in [0.2, 0.25) is 0 Å². The van der Waals surface area contributed by atoms with Crippen LogP contribution in [-0.4, -0.2) is 44.1 Å². The number of halogens is 2. The fourth-order valence-corrected chi connectivity index (χ4v) is 3.37. The molecule has 0 unspecified atom stereocenters. The summed E-state index contributed by atoms with van der Waals surface area (Å²) in [5, 5.41) is 8.96. The Hall–Kier alpha value is -2.80. The molecule has 1 aliphatic heterocycles. The standard InChI is InChI=1S/C20H21ClFN3O3/c1-11-9-13-10-15(27-3)19(28-4)17(22)16(13)18(24-25(11)20(26)23-2)12-5-7-14(21)8-6-12/h5-8,10-11H,9H2,1-4H3,(H,23,26)/t11-/m1/s1. The van der Waals surface area contributed by atoms with E-state index in [9.17, 15) is 4.79 Å². The molecule has 0 bridgehead atoms. The van der Waals surface area contributed by atoms with Crippen molar-refractivity contribution in [1.82, 2.24) is 10.3 Å². The molecule has 1 N–H and O–H groups in total. The highest BCUT2D eigenvalue weighted by Gasteiger charge is 2.31. The van der Waals surface area contributed by atoms with Gasteiger partial charge in [0, 0.05) is 23.2 Å². The lowest BCUT2D eigenvalue weighted by atomic mass is 9.93. The van der Waals surface area contributed by atoms with Gasteiger partial charge in [0.15, 0.2) is 17.3 Å². The van der Waals surface area contributed by atoms with Gasteiger partial charge in [-0.2, -0.15) is 5.10 Å². The van der Waals surface area contributed by atoms with Gasteiger partial charge in [-0.3, -0.25) is 0 Å². The number of urea groups is 1. The third-order valence-electron chi connectivity index (χ3n) is 4.61. The Morgan fingerprint density at radius 1 is 1.29 bits per heavy atom. The first kappa shape index (κ1) is 19.9. The molecule has 6 nitrogen and oxygen atoms in total. The van der Waals surface area contributed by atoms with Gasteiger partial charge >= 0.3 is 6.03 Å². The Labute approximate surface area is 167 Å². The Morgan fingerprint density at radius 3 is 2.54 bits per heavy atom. The maximum atomic E-state index is 15.5. The molecule has 1 aliphatic rings. The fourth-order valence-electron chi connectivity index (χ4n) is 3.25. The van der Waals surface area contributed by atoms with Gasteiger partial charge in [0.05, 0.1) is 20.3 Å². The van der Waals surface area contributed by atoms with E-state index in [0.717, 1.165) is 0 Å². The lowest BCUT2D eigenvalue weighted by molar-refractivity contribution is 0.184. The predicted molar refractivity (Wildman–Crippen MR) is 106 cm³/mol. The highest BCUT2D eigenvalue weighted by Crippen LogP contribution is 2.38. The fraction of sp³-hybridized carbons (Fsp3) is 0.300. The summed E-state index contributed by atoms with van der Waals surface area (Å²) in [6.07, 6.45) is 0.390. The Morgan fingerprint density at radius 2 is 1.96 bits per heavy atom. The summed E-state index contributed by atoms with van der Waals surface area (Å²) in [6.45, 7) is 1.85. The number of methoxy groups -OCH3 is 2. The zero-order valence-corrected chi connectivity index (χ0v) is 16.8. The molecule has 0 fully saturated rings. The van der Waals surface area contributed by atoms with Crippen LogP contribution >= 0.6 is 11.6 Å². The van der Waals surface area contributed by atoms with Gasteiger partial charge in [0.25, 0.3) is 0 Å². The number of ether oxygens (including phenoxy) is 2. The molecule has 1 atom stereocenters. The zero-order valence-electron chi connectivity index (χ0n) is 16.0. The first-order valence-corrected chi connectivity index (χ1v) is 9.08. The van der Waals surface area contributed by atoms with Gasteiger partial charge in [0.1, 0.15) is 5.71 Å². The molecule has 148 valence electrons. The Kier molecular flexibility index (Phi) is 5.74. The van der Waals surface area contributed by atoms with E-state index in [0.29, 0.717) is 28.3 Å². The third-order valence-corrected chi connectivity index (χ3v) is 4.86. The van der Waals surface area contributed by atoms with Gasteiger partial charge in [-0.1, -0.05) is 23.7 Å². The van der Waals surface area contributed by atoms with Crippen LogP contribution in [-0.2, 0) is 6.42 Å². The lowest BCUT2D eigenvalue weighted by Crippen LogP contribution is -2.41. The highest BCUT2D eigenvalue weighted by atomic mass is 35.5. The minimum absolute atomic E-state index is 0.0102. The highest BCUT2D eigenvalue weighted by molar-refractivity contribution is 6.30. The average Bonchev–Trinajstić information content (AvgIpc) is 2.84. The quantitative estimate of drug-likeness (QED) is 0.844.